The van der Waals surface area contributed by atoms with Crippen LogP contribution in [-0.4, -0.2) is 12.9 Å². The molecular weight excluding hydrogens is 503 g/mol. The zero-order valence-corrected chi connectivity index (χ0v) is 19.8. The fourth-order valence-electron chi connectivity index (χ4n) is 3.32. The van der Waals surface area contributed by atoms with Gasteiger partial charge in [-0.2, -0.15) is 0 Å². The molecule has 0 N–H and O–H groups in total. The van der Waals surface area contributed by atoms with Gasteiger partial charge in [0, 0.05) is 31.7 Å². The van der Waals surface area contributed by atoms with Gasteiger partial charge in [0.05, 0.1) is 12.7 Å². The summed E-state index contributed by atoms with van der Waals surface area (Å²) in [6.07, 6.45) is 1.68. The van der Waals surface area contributed by atoms with Gasteiger partial charge in [-0.3, -0.25) is 4.79 Å². The summed E-state index contributed by atoms with van der Waals surface area (Å²) in [6, 6.07) is 14.3. The highest BCUT2D eigenvalue weighted by Crippen LogP contribution is 2.38. The largest absolute Gasteiger partial charge is 0.496 e. The van der Waals surface area contributed by atoms with E-state index in [1.54, 1.807) is 31.4 Å². The summed E-state index contributed by atoms with van der Waals surface area (Å²) in [7, 11) is 1.58. The summed E-state index contributed by atoms with van der Waals surface area (Å²) in [5.41, 5.74) is 2.84. The Balaban J connectivity index is 1.60. The molecule has 1 aliphatic rings. The number of rotatable bonds is 5. The summed E-state index contributed by atoms with van der Waals surface area (Å²) in [5, 5.41) is 1.10. The summed E-state index contributed by atoms with van der Waals surface area (Å²) in [6.45, 7) is 2.12. The topological polar surface area (TPSA) is 44.8 Å². The third-order valence-electron chi connectivity index (χ3n) is 4.83. The van der Waals surface area contributed by atoms with Crippen molar-refractivity contribution in [1.29, 1.82) is 0 Å². The molecule has 158 valence electrons. The number of Topliss-reactive ketones (excluding diaryl/α,β-unsaturated/α-hetero) is 1. The lowest BCUT2D eigenvalue weighted by Gasteiger charge is -2.10. The molecule has 0 saturated heterocycles. The van der Waals surface area contributed by atoms with Crippen LogP contribution in [0, 0.1) is 6.92 Å². The van der Waals surface area contributed by atoms with Crippen molar-refractivity contribution in [3.8, 4) is 17.2 Å². The predicted octanol–water partition coefficient (Wildman–Crippen LogP) is 7.27. The highest BCUT2D eigenvalue weighted by molar-refractivity contribution is 9.10. The van der Waals surface area contributed by atoms with Crippen LogP contribution in [0.2, 0.25) is 10.0 Å². The van der Waals surface area contributed by atoms with Gasteiger partial charge >= 0.3 is 0 Å². The second-order valence-electron chi connectivity index (χ2n) is 6.96. The molecule has 3 aromatic carbocycles. The Bertz CT molecular complexity index is 1220. The molecule has 0 amide bonds. The Morgan fingerprint density at radius 2 is 1.90 bits per heavy atom. The van der Waals surface area contributed by atoms with E-state index in [9.17, 15) is 4.79 Å². The van der Waals surface area contributed by atoms with Crippen LogP contribution < -0.4 is 14.2 Å². The van der Waals surface area contributed by atoms with E-state index in [1.165, 1.54) is 0 Å². The number of carbonyl (C=O) groups is 1. The van der Waals surface area contributed by atoms with Crippen molar-refractivity contribution >= 4 is 51.0 Å². The maximum absolute atomic E-state index is 13.0. The molecule has 7 heteroatoms. The van der Waals surface area contributed by atoms with E-state index in [4.69, 9.17) is 37.4 Å². The molecule has 0 spiro atoms. The summed E-state index contributed by atoms with van der Waals surface area (Å²) >= 11 is 15.6. The standard InChI is InChI=1S/C24H17BrCl2O4/c1-13-7-18(30-12-14-3-5-17(26)10-19(14)27)11-21-23(13)24(28)22(31-21)9-15-8-16(25)4-6-20(15)29-2/h3-11H,12H2,1-2H3/b22-9-. The van der Waals surface area contributed by atoms with Crippen LogP contribution >= 0.6 is 39.1 Å². The van der Waals surface area contributed by atoms with Crippen molar-refractivity contribution < 1.29 is 19.0 Å². The number of hydrogen-bond donors (Lipinski definition) is 0. The van der Waals surface area contributed by atoms with Crippen molar-refractivity contribution in [2.45, 2.75) is 13.5 Å². The molecule has 0 radical (unpaired) electrons. The number of ether oxygens (including phenoxy) is 3. The number of aryl methyl sites for hydroxylation is 1. The Hall–Kier alpha value is -2.47. The average Bonchev–Trinajstić information content (AvgIpc) is 3.03. The SMILES string of the molecule is COc1ccc(Br)cc1/C=C1\Oc2cc(OCc3ccc(Cl)cc3Cl)cc(C)c2C1=O. The van der Waals surface area contributed by atoms with Gasteiger partial charge in [0.15, 0.2) is 5.76 Å². The Morgan fingerprint density at radius 1 is 1.10 bits per heavy atom. The molecule has 0 fully saturated rings. The van der Waals surface area contributed by atoms with Crippen molar-refractivity contribution in [2.24, 2.45) is 0 Å². The number of methoxy groups -OCH3 is 1. The second-order valence-corrected chi connectivity index (χ2v) is 8.72. The number of benzene rings is 3. The van der Waals surface area contributed by atoms with Gasteiger partial charge in [0.25, 0.3) is 0 Å². The fourth-order valence-corrected chi connectivity index (χ4v) is 4.16. The first-order valence-corrected chi connectivity index (χ1v) is 10.9. The molecule has 0 saturated carbocycles. The van der Waals surface area contributed by atoms with E-state index in [-0.39, 0.29) is 18.1 Å². The van der Waals surface area contributed by atoms with Crippen LogP contribution in [0.3, 0.4) is 0 Å². The first-order valence-electron chi connectivity index (χ1n) is 9.35. The van der Waals surface area contributed by atoms with E-state index in [0.717, 1.165) is 21.2 Å². The van der Waals surface area contributed by atoms with Gasteiger partial charge in [0.2, 0.25) is 5.78 Å². The van der Waals surface area contributed by atoms with Gasteiger partial charge in [-0.15, -0.1) is 0 Å². The zero-order chi connectivity index (χ0) is 22.1. The van der Waals surface area contributed by atoms with E-state index in [1.807, 2.05) is 37.3 Å². The van der Waals surface area contributed by atoms with Crippen molar-refractivity contribution in [3.63, 3.8) is 0 Å². The third kappa shape index (κ3) is 4.59. The van der Waals surface area contributed by atoms with Crippen LogP contribution in [0.15, 0.2) is 58.8 Å². The van der Waals surface area contributed by atoms with Crippen LogP contribution in [0.5, 0.6) is 17.2 Å². The molecular formula is C24H17BrCl2O4. The number of fused-ring (bicyclic) bond motifs is 1. The number of halogens is 3. The molecule has 0 aromatic heterocycles. The Kier molecular flexibility index (Phi) is 6.28. The number of ketones is 1. The van der Waals surface area contributed by atoms with Gasteiger partial charge in [-0.25, -0.2) is 0 Å². The number of carbonyl (C=O) groups excluding carboxylic acids is 1. The molecule has 4 nitrogen and oxygen atoms in total. The van der Waals surface area contributed by atoms with Crippen molar-refractivity contribution in [3.05, 3.63) is 91.1 Å². The molecule has 0 unspecified atom stereocenters. The molecule has 0 atom stereocenters. The molecule has 1 aliphatic heterocycles. The molecule has 3 aromatic rings. The minimum atomic E-state index is -0.179. The fraction of sp³-hybridized carbons (Fsp3) is 0.125. The van der Waals surface area contributed by atoms with E-state index < -0.39 is 0 Å². The lowest BCUT2D eigenvalue weighted by Crippen LogP contribution is -2.00. The Labute approximate surface area is 198 Å². The molecule has 0 bridgehead atoms. The van der Waals surface area contributed by atoms with Gasteiger partial charge < -0.3 is 14.2 Å². The van der Waals surface area contributed by atoms with Gasteiger partial charge in [-0.05, 0) is 55.0 Å². The smallest absolute Gasteiger partial charge is 0.232 e. The van der Waals surface area contributed by atoms with Crippen molar-refractivity contribution in [1.82, 2.24) is 0 Å². The van der Waals surface area contributed by atoms with Crippen LogP contribution in [0.25, 0.3) is 6.08 Å². The highest BCUT2D eigenvalue weighted by Gasteiger charge is 2.30. The minimum Gasteiger partial charge on any atom is -0.496 e. The Morgan fingerprint density at radius 3 is 2.65 bits per heavy atom. The molecule has 0 aliphatic carbocycles. The normalized spacial score (nSPS) is 13.8. The van der Waals surface area contributed by atoms with Crippen LogP contribution in [0.1, 0.15) is 27.0 Å². The lowest BCUT2D eigenvalue weighted by molar-refractivity contribution is 0.101. The quantitative estimate of drug-likeness (QED) is 0.332. The first-order chi connectivity index (χ1) is 14.9. The van der Waals surface area contributed by atoms with E-state index in [2.05, 4.69) is 15.9 Å². The van der Waals surface area contributed by atoms with Crippen molar-refractivity contribution in [2.75, 3.05) is 7.11 Å². The number of allylic oxidation sites excluding steroid dienone is 1. The summed E-state index contributed by atoms with van der Waals surface area (Å²) in [5.74, 6) is 1.73. The number of hydrogen-bond acceptors (Lipinski definition) is 4. The molecule has 4 rings (SSSR count). The third-order valence-corrected chi connectivity index (χ3v) is 5.91. The average molecular weight is 520 g/mol. The highest BCUT2D eigenvalue weighted by atomic mass is 79.9. The first kappa shape index (κ1) is 21.8. The molecule has 31 heavy (non-hydrogen) atoms. The predicted molar refractivity (Wildman–Crippen MR) is 126 cm³/mol. The van der Waals surface area contributed by atoms with E-state index >= 15 is 0 Å². The monoisotopic (exact) mass is 518 g/mol. The maximum Gasteiger partial charge on any atom is 0.232 e. The summed E-state index contributed by atoms with van der Waals surface area (Å²) < 4.78 is 18.0. The molecule has 1 heterocycles. The zero-order valence-electron chi connectivity index (χ0n) is 16.7. The summed E-state index contributed by atoms with van der Waals surface area (Å²) in [4.78, 5) is 13.0. The van der Waals surface area contributed by atoms with Gasteiger partial charge in [0.1, 0.15) is 23.9 Å². The van der Waals surface area contributed by atoms with Gasteiger partial charge in [-0.1, -0.05) is 45.2 Å². The van der Waals surface area contributed by atoms with Crippen LogP contribution in [0.4, 0.5) is 0 Å². The maximum atomic E-state index is 13.0. The van der Waals surface area contributed by atoms with E-state index in [0.29, 0.717) is 32.9 Å². The lowest BCUT2D eigenvalue weighted by atomic mass is 10.0. The van der Waals surface area contributed by atoms with Crippen LogP contribution in [-0.2, 0) is 6.61 Å². The second kappa shape index (κ2) is 8.95. The minimum absolute atomic E-state index is 0.179.